The Hall–Kier alpha value is 0.240. The minimum atomic E-state index is 0.236. The average molecular weight is 178 g/mol. The van der Waals surface area contributed by atoms with E-state index in [4.69, 9.17) is 17.0 Å². The van der Waals surface area contributed by atoms with Crippen LogP contribution >= 0.6 is 24.0 Å². The lowest BCUT2D eigenvalue weighted by molar-refractivity contribution is 0.168. The second-order valence-electron chi connectivity index (χ2n) is 2.52. The summed E-state index contributed by atoms with van der Waals surface area (Å²) in [5, 5.41) is 0. The molecule has 0 saturated heterocycles. The van der Waals surface area contributed by atoms with E-state index in [0.717, 1.165) is 0 Å². The highest BCUT2D eigenvalue weighted by Gasteiger charge is 2.08. The SMILES string of the molecule is CSC(=S)OC(C)C(C)C. The first-order valence-corrected chi connectivity index (χ1v) is 4.95. The number of rotatable bonds is 2. The molecule has 0 aromatic carbocycles. The predicted molar refractivity (Wildman–Crippen MR) is 51.5 cm³/mol. The van der Waals surface area contributed by atoms with E-state index in [9.17, 15) is 0 Å². The molecule has 0 amide bonds. The molecule has 0 N–H and O–H groups in total. The highest BCUT2D eigenvalue weighted by molar-refractivity contribution is 8.22. The first-order chi connectivity index (χ1) is 4.57. The summed E-state index contributed by atoms with van der Waals surface area (Å²) in [6, 6.07) is 0. The molecule has 0 aliphatic heterocycles. The van der Waals surface area contributed by atoms with Crippen LogP contribution in [0.5, 0.6) is 0 Å². The van der Waals surface area contributed by atoms with Gasteiger partial charge in [-0.1, -0.05) is 25.6 Å². The average Bonchev–Trinajstić information content (AvgIpc) is 1.87. The maximum atomic E-state index is 5.36. The molecule has 1 nitrogen and oxygen atoms in total. The van der Waals surface area contributed by atoms with Crippen LogP contribution in [0, 0.1) is 5.92 Å². The van der Waals surface area contributed by atoms with E-state index >= 15 is 0 Å². The van der Waals surface area contributed by atoms with Gasteiger partial charge in [0.25, 0.3) is 0 Å². The summed E-state index contributed by atoms with van der Waals surface area (Å²) in [6.07, 6.45) is 2.16. The number of thioether (sulfide) groups is 1. The van der Waals surface area contributed by atoms with Crippen molar-refractivity contribution in [3.8, 4) is 0 Å². The molecule has 0 radical (unpaired) electrons. The van der Waals surface area contributed by atoms with Crippen molar-refractivity contribution in [1.82, 2.24) is 0 Å². The Morgan fingerprint density at radius 3 is 2.20 bits per heavy atom. The number of ether oxygens (including phenoxy) is 1. The molecule has 60 valence electrons. The van der Waals surface area contributed by atoms with E-state index < -0.39 is 0 Å². The molecular weight excluding hydrogens is 164 g/mol. The molecule has 1 atom stereocenters. The normalized spacial score (nSPS) is 13.3. The van der Waals surface area contributed by atoms with Crippen LogP contribution in [0.15, 0.2) is 0 Å². The fraction of sp³-hybridized carbons (Fsp3) is 0.857. The topological polar surface area (TPSA) is 9.23 Å². The van der Waals surface area contributed by atoms with Gasteiger partial charge in [-0.3, -0.25) is 0 Å². The second-order valence-corrected chi connectivity index (χ2v) is 3.93. The molecule has 0 aliphatic carbocycles. The van der Waals surface area contributed by atoms with Crippen LogP contribution in [0.1, 0.15) is 20.8 Å². The Labute approximate surface area is 72.5 Å². The van der Waals surface area contributed by atoms with Crippen LogP contribution in [-0.2, 0) is 4.74 Å². The molecular formula is C7H14OS2. The van der Waals surface area contributed by atoms with Crippen molar-refractivity contribution < 1.29 is 4.74 Å². The molecule has 0 aromatic rings. The largest absolute Gasteiger partial charge is 0.475 e. The van der Waals surface area contributed by atoms with Gasteiger partial charge in [-0.05, 0) is 31.3 Å². The van der Waals surface area contributed by atoms with Crippen LogP contribution in [0.25, 0.3) is 0 Å². The molecule has 0 aromatic heterocycles. The first-order valence-electron chi connectivity index (χ1n) is 3.32. The molecule has 1 unspecified atom stereocenters. The minimum absolute atomic E-state index is 0.236. The third kappa shape index (κ3) is 4.12. The Kier molecular flexibility index (Phi) is 5.09. The lowest BCUT2D eigenvalue weighted by Gasteiger charge is -2.16. The van der Waals surface area contributed by atoms with Crippen molar-refractivity contribution in [2.75, 3.05) is 6.26 Å². The van der Waals surface area contributed by atoms with Gasteiger partial charge in [0, 0.05) is 0 Å². The smallest absolute Gasteiger partial charge is 0.219 e. The highest BCUT2D eigenvalue weighted by atomic mass is 32.2. The van der Waals surface area contributed by atoms with Crippen molar-refractivity contribution in [1.29, 1.82) is 0 Å². The van der Waals surface area contributed by atoms with Crippen molar-refractivity contribution in [3.05, 3.63) is 0 Å². The van der Waals surface area contributed by atoms with Crippen molar-refractivity contribution in [2.45, 2.75) is 26.9 Å². The van der Waals surface area contributed by atoms with Gasteiger partial charge in [-0.25, -0.2) is 0 Å². The summed E-state index contributed by atoms with van der Waals surface area (Å²) < 4.78 is 6.00. The van der Waals surface area contributed by atoms with Gasteiger partial charge in [0.2, 0.25) is 4.38 Å². The fourth-order valence-electron chi connectivity index (χ4n) is 0.336. The Bertz CT molecular complexity index is 112. The van der Waals surface area contributed by atoms with Gasteiger partial charge in [0.15, 0.2) is 0 Å². The number of hydrogen-bond donors (Lipinski definition) is 0. The molecule has 0 bridgehead atoms. The first kappa shape index (κ1) is 10.2. The van der Waals surface area contributed by atoms with Crippen LogP contribution in [0.4, 0.5) is 0 Å². The van der Waals surface area contributed by atoms with Crippen LogP contribution in [-0.4, -0.2) is 16.7 Å². The van der Waals surface area contributed by atoms with Crippen LogP contribution < -0.4 is 0 Å². The van der Waals surface area contributed by atoms with Gasteiger partial charge in [0.1, 0.15) is 0 Å². The molecule has 0 rings (SSSR count). The van der Waals surface area contributed by atoms with Gasteiger partial charge in [-0.15, -0.1) is 0 Å². The standard InChI is InChI=1S/C7H14OS2/c1-5(2)6(3)8-7(9)10-4/h5-6H,1-4H3. The maximum absolute atomic E-state index is 5.36. The van der Waals surface area contributed by atoms with Crippen LogP contribution in [0.3, 0.4) is 0 Å². The van der Waals surface area contributed by atoms with E-state index in [1.165, 1.54) is 11.8 Å². The monoisotopic (exact) mass is 178 g/mol. The summed E-state index contributed by atoms with van der Waals surface area (Å²) in [5.41, 5.74) is 0. The summed E-state index contributed by atoms with van der Waals surface area (Å²) in [4.78, 5) is 0. The molecule has 3 heteroatoms. The van der Waals surface area contributed by atoms with Crippen molar-refractivity contribution in [2.24, 2.45) is 5.92 Å². The van der Waals surface area contributed by atoms with E-state index in [-0.39, 0.29) is 6.10 Å². The Morgan fingerprint density at radius 2 is 1.90 bits per heavy atom. The molecule has 0 fully saturated rings. The minimum Gasteiger partial charge on any atom is -0.475 e. The Morgan fingerprint density at radius 1 is 1.40 bits per heavy atom. The van der Waals surface area contributed by atoms with Crippen molar-refractivity contribution >= 4 is 28.4 Å². The van der Waals surface area contributed by atoms with Gasteiger partial charge in [0.05, 0.1) is 6.10 Å². The van der Waals surface area contributed by atoms with Crippen LogP contribution in [0.2, 0.25) is 0 Å². The molecule has 10 heavy (non-hydrogen) atoms. The van der Waals surface area contributed by atoms with Gasteiger partial charge < -0.3 is 4.74 Å². The third-order valence-corrected chi connectivity index (χ3v) is 2.41. The van der Waals surface area contributed by atoms with Gasteiger partial charge >= 0.3 is 0 Å². The van der Waals surface area contributed by atoms with E-state index in [2.05, 4.69) is 13.8 Å². The summed E-state index contributed by atoms with van der Waals surface area (Å²) in [5.74, 6) is 0.532. The number of thiocarbonyl (C=S) groups is 1. The second kappa shape index (κ2) is 4.97. The lowest BCUT2D eigenvalue weighted by atomic mass is 10.1. The summed E-state index contributed by atoms with van der Waals surface area (Å²) in [7, 11) is 0. The molecule has 0 aliphatic rings. The lowest BCUT2D eigenvalue weighted by Crippen LogP contribution is -2.17. The zero-order chi connectivity index (χ0) is 8.15. The maximum Gasteiger partial charge on any atom is 0.219 e. The summed E-state index contributed by atoms with van der Waals surface area (Å²) in [6.45, 7) is 6.27. The zero-order valence-corrected chi connectivity index (χ0v) is 8.51. The highest BCUT2D eigenvalue weighted by Crippen LogP contribution is 2.10. The van der Waals surface area contributed by atoms with Crippen molar-refractivity contribution in [3.63, 3.8) is 0 Å². The number of hydrogen-bond acceptors (Lipinski definition) is 3. The van der Waals surface area contributed by atoms with E-state index in [1.54, 1.807) is 0 Å². The zero-order valence-electron chi connectivity index (χ0n) is 6.88. The summed E-state index contributed by atoms with van der Waals surface area (Å²) >= 11 is 6.37. The van der Waals surface area contributed by atoms with E-state index in [0.29, 0.717) is 10.3 Å². The third-order valence-electron chi connectivity index (χ3n) is 1.39. The molecule has 0 saturated carbocycles. The van der Waals surface area contributed by atoms with E-state index in [1.807, 2.05) is 13.2 Å². The molecule has 0 heterocycles. The fourth-order valence-corrected chi connectivity index (χ4v) is 0.736. The predicted octanol–water partition coefficient (Wildman–Crippen LogP) is 2.70. The molecule has 0 spiro atoms. The Balaban J connectivity index is 3.57. The quantitative estimate of drug-likeness (QED) is 0.602. The van der Waals surface area contributed by atoms with Gasteiger partial charge in [-0.2, -0.15) is 0 Å².